The predicted octanol–water partition coefficient (Wildman–Crippen LogP) is 8.78. The number of thioether (sulfide) groups is 1. The lowest BCUT2D eigenvalue weighted by atomic mass is 9.33. The molecule has 0 spiro atoms. The Morgan fingerprint density at radius 1 is 0.872 bits per heavy atom. The highest BCUT2D eigenvalue weighted by atomic mass is 32.2. The van der Waals surface area contributed by atoms with Crippen molar-refractivity contribution in [3.05, 3.63) is 52.8 Å². The first-order valence-corrected chi connectivity index (χ1v) is 15.8. The Morgan fingerprint density at radius 3 is 2.18 bits per heavy atom. The predicted molar refractivity (Wildman–Crippen MR) is 158 cm³/mol. The fourth-order valence-electron chi connectivity index (χ4n) is 10.2. The van der Waals surface area contributed by atoms with Gasteiger partial charge in [-0.05, 0) is 146 Å². The zero-order chi connectivity index (χ0) is 28.2. The highest BCUT2D eigenvalue weighted by molar-refractivity contribution is 7.99. The normalized spacial score (nSPS) is 43.1. The average molecular weight is 552 g/mol. The minimum atomic E-state index is -0.227. The fraction of sp³-hybridized carbons (Fsp3) is 0.647. The lowest BCUT2D eigenvalue weighted by molar-refractivity contribution is -0.204. The van der Waals surface area contributed by atoms with Crippen LogP contribution in [-0.4, -0.2) is 15.8 Å². The largest absolute Gasteiger partial charge is 0.504 e. The highest BCUT2D eigenvalue weighted by Gasteiger charge is 2.68. The standard InChI is InChI=1S/C34H46FNO2S/c1-20-28-23(17-24(37)29(20)38)32(4)14-16-34(6)27-19-31(3,36)13-11-30(27,2)12-15-33(34,5)26(32)18-25(28)39-22-9-7-21(35)8-10-22/h7-10,17,25-27,37-38H,11-16,18-19,36H2,1-6H3/t25?,26?,27-,30-,31-,32+,33-,34+/m1/s1. The van der Waals surface area contributed by atoms with Gasteiger partial charge >= 0.3 is 0 Å². The average Bonchev–Trinajstić information content (AvgIpc) is 2.88. The van der Waals surface area contributed by atoms with Crippen molar-refractivity contribution in [3.63, 3.8) is 0 Å². The molecule has 6 rings (SSSR count). The molecule has 0 radical (unpaired) electrons. The van der Waals surface area contributed by atoms with Gasteiger partial charge in [-0.15, -0.1) is 11.8 Å². The summed E-state index contributed by atoms with van der Waals surface area (Å²) in [5.74, 6) is 0.768. The smallest absolute Gasteiger partial charge is 0.160 e. The maximum absolute atomic E-state index is 13.8. The summed E-state index contributed by atoms with van der Waals surface area (Å²) in [4.78, 5) is 1.04. The van der Waals surface area contributed by atoms with E-state index in [1.807, 2.05) is 25.1 Å². The third kappa shape index (κ3) is 3.85. The van der Waals surface area contributed by atoms with Crippen molar-refractivity contribution in [2.75, 3.05) is 0 Å². The Bertz CT molecular complexity index is 1310. The third-order valence-corrected chi connectivity index (χ3v) is 14.1. The highest BCUT2D eigenvalue weighted by Crippen LogP contribution is 2.76. The number of phenolic OH excluding ortho intramolecular Hbond substituents is 2. The van der Waals surface area contributed by atoms with Crippen LogP contribution in [0.25, 0.3) is 0 Å². The fourth-order valence-corrected chi connectivity index (χ4v) is 11.5. The molecule has 0 saturated heterocycles. The van der Waals surface area contributed by atoms with E-state index in [9.17, 15) is 14.6 Å². The van der Waals surface area contributed by atoms with Crippen molar-refractivity contribution in [2.45, 2.75) is 114 Å². The minimum absolute atomic E-state index is 0.00904. The summed E-state index contributed by atoms with van der Waals surface area (Å²) in [6, 6.07) is 8.67. The van der Waals surface area contributed by atoms with E-state index in [4.69, 9.17) is 5.73 Å². The third-order valence-electron chi connectivity index (χ3n) is 12.8. The number of halogens is 1. The van der Waals surface area contributed by atoms with Gasteiger partial charge in [-0.1, -0.05) is 27.7 Å². The zero-order valence-electron chi connectivity index (χ0n) is 24.5. The molecule has 0 amide bonds. The topological polar surface area (TPSA) is 66.5 Å². The Labute approximate surface area is 238 Å². The Hall–Kier alpha value is -1.72. The summed E-state index contributed by atoms with van der Waals surface area (Å²) in [6.07, 6.45) is 9.11. The molecule has 3 saturated carbocycles. The second-order valence-electron chi connectivity index (χ2n) is 15.0. The van der Waals surface area contributed by atoms with Gasteiger partial charge in [0.05, 0.1) is 0 Å². The van der Waals surface area contributed by atoms with Gasteiger partial charge < -0.3 is 15.9 Å². The molecule has 0 heterocycles. The number of fused-ring (bicyclic) bond motifs is 7. The molecule has 212 valence electrons. The summed E-state index contributed by atoms with van der Waals surface area (Å²) in [6.45, 7) is 14.3. The van der Waals surface area contributed by atoms with Crippen LogP contribution in [0.5, 0.6) is 11.5 Å². The van der Waals surface area contributed by atoms with Crippen LogP contribution < -0.4 is 5.73 Å². The molecule has 0 aliphatic heterocycles. The van der Waals surface area contributed by atoms with Crippen LogP contribution in [0, 0.1) is 40.8 Å². The number of phenols is 2. The maximum atomic E-state index is 13.8. The first-order valence-electron chi connectivity index (χ1n) is 14.9. The number of rotatable bonds is 2. The number of nitrogens with two attached hydrogens (primary N) is 1. The second kappa shape index (κ2) is 8.64. The number of benzene rings is 2. The molecular formula is C34H46FNO2S. The van der Waals surface area contributed by atoms with E-state index in [-0.39, 0.29) is 44.4 Å². The van der Waals surface area contributed by atoms with Gasteiger partial charge in [-0.2, -0.15) is 0 Å². The molecule has 3 fully saturated rings. The molecule has 39 heavy (non-hydrogen) atoms. The molecule has 0 bridgehead atoms. The van der Waals surface area contributed by atoms with Crippen LogP contribution >= 0.6 is 11.8 Å². The molecule has 3 nitrogen and oxygen atoms in total. The monoisotopic (exact) mass is 551 g/mol. The molecule has 4 N–H and O–H groups in total. The Morgan fingerprint density at radius 2 is 1.49 bits per heavy atom. The van der Waals surface area contributed by atoms with E-state index in [1.54, 1.807) is 11.8 Å². The number of hydrogen-bond acceptors (Lipinski definition) is 4. The van der Waals surface area contributed by atoms with Gasteiger partial charge in [0.25, 0.3) is 0 Å². The van der Waals surface area contributed by atoms with Crippen LogP contribution in [0.4, 0.5) is 4.39 Å². The summed E-state index contributed by atoms with van der Waals surface area (Å²) in [7, 11) is 0. The van der Waals surface area contributed by atoms with Gasteiger partial charge in [-0.25, -0.2) is 4.39 Å². The van der Waals surface area contributed by atoms with Crippen molar-refractivity contribution < 1.29 is 14.6 Å². The van der Waals surface area contributed by atoms with E-state index < -0.39 is 0 Å². The van der Waals surface area contributed by atoms with Crippen LogP contribution in [0.1, 0.15) is 108 Å². The van der Waals surface area contributed by atoms with Crippen molar-refractivity contribution in [1.82, 2.24) is 0 Å². The summed E-state index contributed by atoms with van der Waals surface area (Å²) in [5.41, 5.74) is 10.5. The van der Waals surface area contributed by atoms with Crippen molar-refractivity contribution >= 4 is 11.8 Å². The van der Waals surface area contributed by atoms with Crippen LogP contribution in [0.2, 0.25) is 0 Å². The van der Waals surface area contributed by atoms with Crippen molar-refractivity contribution in [3.8, 4) is 11.5 Å². The molecule has 8 atom stereocenters. The Balaban J connectivity index is 1.49. The van der Waals surface area contributed by atoms with E-state index in [2.05, 4.69) is 34.6 Å². The molecule has 2 aromatic rings. The maximum Gasteiger partial charge on any atom is 0.160 e. The van der Waals surface area contributed by atoms with Gasteiger partial charge in [0, 0.05) is 15.7 Å². The number of aromatic hydroxyl groups is 2. The molecule has 2 unspecified atom stereocenters. The van der Waals surface area contributed by atoms with Gasteiger partial charge in [0.15, 0.2) is 11.5 Å². The lowest BCUT2D eigenvalue weighted by Gasteiger charge is -2.72. The lowest BCUT2D eigenvalue weighted by Crippen LogP contribution is -2.66. The Kier molecular flexibility index (Phi) is 6.08. The summed E-state index contributed by atoms with van der Waals surface area (Å²) in [5, 5.41) is 21.8. The van der Waals surface area contributed by atoms with Crippen molar-refractivity contribution in [2.24, 2.45) is 33.8 Å². The molecule has 4 aliphatic carbocycles. The van der Waals surface area contributed by atoms with E-state index in [0.29, 0.717) is 17.3 Å². The first kappa shape index (κ1) is 27.4. The van der Waals surface area contributed by atoms with Crippen LogP contribution in [-0.2, 0) is 5.41 Å². The summed E-state index contributed by atoms with van der Waals surface area (Å²) < 4.78 is 13.8. The molecular weight excluding hydrogens is 505 g/mol. The first-order chi connectivity index (χ1) is 18.1. The van der Waals surface area contributed by atoms with Crippen LogP contribution in [0.15, 0.2) is 35.2 Å². The molecule has 4 aliphatic rings. The van der Waals surface area contributed by atoms with Gasteiger partial charge in [0.2, 0.25) is 0 Å². The molecule has 5 heteroatoms. The van der Waals surface area contributed by atoms with E-state index in [0.717, 1.165) is 42.6 Å². The molecule has 2 aromatic carbocycles. The van der Waals surface area contributed by atoms with Crippen molar-refractivity contribution in [1.29, 1.82) is 0 Å². The quantitative estimate of drug-likeness (QED) is 0.326. The van der Waals surface area contributed by atoms with E-state index >= 15 is 0 Å². The SMILES string of the molecule is Cc1c(O)c(O)cc2c1C(Sc1ccc(F)cc1)CC1[C@@]2(C)CC[C@@]2(C)[C@@H]3C[C@](C)(N)CC[C@]3(C)CC[C@]12C. The zero-order valence-corrected chi connectivity index (χ0v) is 25.4. The van der Waals surface area contributed by atoms with Gasteiger partial charge in [-0.3, -0.25) is 0 Å². The number of hydrogen-bond donors (Lipinski definition) is 3. The van der Waals surface area contributed by atoms with Crippen LogP contribution in [0.3, 0.4) is 0 Å². The second-order valence-corrected chi connectivity index (χ2v) is 16.3. The van der Waals surface area contributed by atoms with Gasteiger partial charge in [0.1, 0.15) is 5.82 Å². The summed E-state index contributed by atoms with van der Waals surface area (Å²) >= 11 is 1.78. The minimum Gasteiger partial charge on any atom is -0.504 e. The molecule has 0 aromatic heterocycles. The van der Waals surface area contributed by atoms with E-state index in [1.165, 1.54) is 42.5 Å².